The Bertz CT molecular complexity index is 249. The molecule has 0 fully saturated rings. The molecule has 128 valence electrons. The van der Waals surface area contributed by atoms with Gasteiger partial charge in [0.1, 0.15) is 0 Å². The second kappa shape index (κ2) is 16.3. The molecule has 0 saturated heterocycles. The zero-order chi connectivity index (χ0) is 15.2. The fourth-order valence-corrected chi connectivity index (χ4v) is 1.52. The zero-order valence-electron chi connectivity index (χ0n) is 14.3. The highest BCUT2D eigenvalue weighted by Gasteiger charge is 1.98. The van der Waals surface area contributed by atoms with Crippen LogP contribution in [0.3, 0.4) is 0 Å². The molecular formula is C15H34IN3O2. The lowest BCUT2D eigenvalue weighted by molar-refractivity contribution is 0.0776. The highest BCUT2D eigenvalue weighted by atomic mass is 127. The number of hydrogen-bond donors (Lipinski definition) is 2. The van der Waals surface area contributed by atoms with Crippen LogP contribution in [0.5, 0.6) is 0 Å². The van der Waals surface area contributed by atoms with Crippen molar-refractivity contribution in [3.05, 3.63) is 0 Å². The highest BCUT2D eigenvalue weighted by Crippen LogP contribution is 1.93. The third kappa shape index (κ3) is 17.9. The largest absolute Gasteiger partial charge is 0.381 e. The number of aliphatic imine (C=N–C) groups is 1. The van der Waals surface area contributed by atoms with Gasteiger partial charge < -0.3 is 20.1 Å². The van der Waals surface area contributed by atoms with Crippen LogP contribution in [-0.2, 0) is 9.47 Å². The summed E-state index contributed by atoms with van der Waals surface area (Å²) in [5, 5.41) is 6.55. The molecule has 0 radical (unpaired) electrons. The summed E-state index contributed by atoms with van der Waals surface area (Å²) in [4.78, 5) is 4.18. The highest BCUT2D eigenvalue weighted by molar-refractivity contribution is 14.0. The first-order valence-electron chi connectivity index (χ1n) is 7.70. The van der Waals surface area contributed by atoms with Crippen LogP contribution in [0.25, 0.3) is 0 Å². The van der Waals surface area contributed by atoms with Crippen LogP contribution in [0.4, 0.5) is 0 Å². The number of nitrogens with one attached hydrogen (secondary N) is 2. The van der Waals surface area contributed by atoms with Crippen LogP contribution in [0, 0.1) is 5.92 Å². The average Bonchev–Trinajstić information content (AvgIpc) is 2.39. The third-order valence-electron chi connectivity index (χ3n) is 2.50. The Morgan fingerprint density at radius 1 is 1.00 bits per heavy atom. The van der Waals surface area contributed by atoms with E-state index in [-0.39, 0.29) is 24.0 Å². The summed E-state index contributed by atoms with van der Waals surface area (Å²) in [6.07, 6.45) is 2.28. The monoisotopic (exact) mass is 415 g/mol. The minimum Gasteiger partial charge on any atom is -0.381 e. The second-order valence-corrected chi connectivity index (χ2v) is 5.52. The molecule has 0 aromatic heterocycles. The summed E-state index contributed by atoms with van der Waals surface area (Å²) < 4.78 is 11.0. The van der Waals surface area contributed by atoms with E-state index >= 15 is 0 Å². The van der Waals surface area contributed by atoms with Crippen LogP contribution >= 0.6 is 24.0 Å². The normalized spacial score (nSPS) is 11.7. The van der Waals surface area contributed by atoms with Gasteiger partial charge in [0.05, 0.1) is 6.10 Å². The Labute approximate surface area is 147 Å². The second-order valence-electron chi connectivity index (χ2n) is 5.52. The molecule has 0 aliphatic heterocycles. The van der Waals surface area contributed by atoms with E-state index in [0.29, 0.717) is 12.0 Å². The van der Waals surface area contributed by atoms with Crippen LogP contribution in [0.1, 0.15) is 40.5 Å². The van der Waals surface area contributed by atoms with Gasteiger partial charge in [0.2, 0.25) is 0 Å². The van der Waals surface area contributed by atoms with Gasteiger partial charge in [-0.3, -0.25) is 4.99 Å². The van der Waals surface area contributed by atoms with Gasteiger partial charge in [0.25, 0.3) is 0 Å². The van der Waals surface area contributed by atoms with Gasteiger partial charge in [0, 0.05) is 40.0 Å². The molecule has 0 amide bonds. The number of guanidine groups is 1. The van der Waals surface area contributed by atoms with Gasteiger partial charge in [-0.2, -0.15) is 0 Å². The minimum atomic E-state index is 0. The van der Waals surface area contributed by atoms with Crippen LogP contribution in [0.15, 0.2) is 4.99 Å². The molecule has 2 N–H and O–H groups in total. The Morgan fingerprint density at radius 3 is 2.05 bits per heavy atom. The molecule has 0 aromatic carbocycles. The van der Waals surface area contributed by atoms with E-state index in [9.17, 15) is 0 Å². The quantitative estimate of drug-likeness (QED) is 0.236. The fourth-order valence-electron chi connectivity index (χ4n) is 1.52. The molecule has 0 atom stereocenters. The van der Waals surface area contributed by atoms with Gasteiger partial charge in [-0.25, -0.2) is 0 Å². The summed E-state index contributed by atoms with van der Waals surface area (Å²) in [6, 6.07) is 0. The number of rotatable bonds is 11. The molecule has 6 heteroatoms. The summed E-state index contributed by atoms with van der Waals surface area (Å²) >= 11 is 0. The molecule has 0 aliphatic rings. The molecule has 0 aromatic rings. The SMILES string of the molecule is CN=C(NCCCOCC(C)C)NCCCOC(C)C.I. The molecule has 21 heavy (non-hydrogen) atoms. The van der Waals surface area contributed by atoms with Crippen molar-refractivity contribution in [3.63, 3.8) is 0 Å². The van der Waals surface area contributed by atoms with E-state index in [1.807, 2.05) is 0 Å². The van der Waals surface area contributed by atoms with Gasteiger partial charge in [0.15, 0.2) is 5.96 Å². The maximum atomic E-state index is 5.53. The minimum absolute atomic E-state index is 0. The number of ether oxygens (including phenoxy) is 2. The number of hydrogen-bond acceptors (Lipinski definition) is 3. The average molecular weight is 415 g/mol. The predicted molar refractivity (Wildman–Crippen MR) is 101 cm³/mol. The third-order valence-corrected chi connectivity index (χ3v) is 2.50. The van der Waals surface area contributed by atoms with Gasteiger partial charge >= 0.3 is 0 Å². The lowest BCUT2D eigenvalue weighted by Gasteiger charge is -2.13. The van der Waals surface area contributed by atoms with E-state index in [4.69, 9.17) is 9.47 Å². The van der Waals surface area contributed by atoms with Gasteiger partial charge in [-0.15, -0.1) is 24.0 Å². The molecule has 0 bridgehead atoms. The number of halogens is 1. The van der Waals surface area contributed by atoms with Crippen LogP contribution in [0.2, 0.25) is 0 Å². The molecule has 0 saturated carbocycles. The van der Waals surface area contributed by atoms with Crippen LogP contribution in [-0.4, -0.2) is 52.0 Å². The van der Waals surface area contributed by atoms with Crippen molar-refractivity contribution in [1.82, 2.24) is 10.6 Å². The Hall–Kier alpha value is -0.0800. The maximum Gasteiger partial charge on any atom is 0.190 e. The van der Waals surface area contributed by atoms with Crippen molar-refractivity contribution >= 4 is 29.9 Å². The lowest BCUT2D eigenvalue weighted by atomic mass is 10.2. The molecule has 0 aliphatic carbocycles. The van der Waals surface area contributed by atoms with Gasteiger partial charge in [-0.1, -0.05) is 13.8 Å². The van der Waals surface area contributed by atoms with Crippen LogP contribution < -0.4 is 10.6 Å². The topological polar surface area (TPSA) is 54.9 Å². The van der Waals surface area contributed by atoms with E-state index in [0.717, 1.165) is 51.7 Å². The maximum absolute atomic E-state index is 5.53. The molecule has 0 rings (SSSR count). The van der Waals surface area contributed by atoms with Crippen molar-refractivity contribution in [3.8, 4) is 0 Å². The zero-order valence-corrected chi connectivity index (χ0v) is 16.6. The summed E-state index contributed by atoms with van der Waals surface area (Å²) in [7, 11) is 1.79. The first-order chi connectivity index (χ1) is 9.56. The van der Waals surface area contributed by atoms with Crippen molar-refractivity contribution in [2.75, 3.05) is 40.0 Å². The summed E-state index contributed by atoms with van der Waals surface area (Å²) in [6.45, 7) is 12.6. The molecular weight excluding hydrogens is 381 g/mol. The Morgan fingerprint density at radius 2 is 1.57 bits per heavy atom. The van der Waals surface area contributed by atoms with Crippen molar-refractivity contribution in [2.45, 2.75) is 46.6 Å². The molecule has 0 heterocycles. The van der Waals surface area contributed by atoms with E-state index in [1.165, 1.54) is 0 Å². The van der Waals surface area contributed by atoms with Crippen molar-refractivity contribution in [1.29, 1.82) is 0 Å². The van der Waals surface area contributed by atoms with E-state index in [2.05, 4.69) is 43.3 Å². The van der Waals surface area contributed by atoms with Crippen molar-refractivity contribution in [2.24, 2.45) is 10.9 Å². The molecule has 5 nitrogen and oxygen atoms in total. The standard InChI is InChI=1S/C15H33N3O2.HI/c1-13(2)12-19-10-6-8-17-15(16-5)18-9-7-11-20-14(3)4;/h13-14H,6-12H2,1-5H3,(H2,16,17,18);1H. The van der Waals surface area contributed by atoms with Gasteiger partial charge in [-0.05, 0) is 32.6 Å². The predicted octanol–water partition coefficient (Wildman–Crippen LogP) is 2.65. The fraction of sp³-hybridized carbons (Fsp3) is 0.933. The Kier molecular flexibility index (Phi) is 18.0. The lowest BCUT2D eigenvalue weighted by Crippen LogP contribution is -2.38. The summed E-state index contributed by atoms with van der Waals surface area (Å²) in [5.74, 6) is 1.45. The van der Waals surface area contributed by atoms with E-state index < -0.39 is 0 Å². The first kappa shape index (κ1) is 23.2. The smallest absolute Gasteiger partial charge is 0.190 e. The Balaban J connectivity index is 0. The van der Waals surface area contributed by atoms with E-state index in [1.54, 1.807) is 7.05 Å². The molecule has 0 spiro atoms. The summed E-state index contributed by atoms with van der Waals surface area (Å²) in [5.41, 5.74) is 0. The number of nitrogens with zero attached hydrogens (tertiary/aromatic N) is 1. The first-order valence-corrected chi connectivity index (χ1v) is 7.70. The molecule has 0 unspecified atom stereocenters. The van der Waals surface area contributed by atoms with Crippen molar-refractivity contribution < 1.29 is 9.47 Å².